The van der Waals surface area contributed by atoms with Gasteiger partial charge in [0.1, 0.15) is 0 Å². The monoisotopic (exact) mass is 282 g/mol. The third kappa shape index (κ3) is 14.1. The fraction of sp³-hybridized carbons (Fsp3) is 1.00. The minimum atomic E-state index is -4.61. The first-order chi connectivity index (χ1) is 8.24. The van der Waals surface area contributed by atoms with Gasteiger partial charge in [0.2, 0.25) is 0 Å². The third-order valence-corrected chi connectivity index (χ3v) is 2.79. The summed E-state index contributed by atoms with van der Waals surface area (Å²) in [7, 11) is -4.61. The molecule has 0 radical (unpaired) electrons. The van der Waals surface area contributed by atoms with Crippen molar-refractivity contribution in [3.63, 3.8) is 0 Å². The fourth-order valence-electron chi connectivity index (χ4n) is 2.57. The van der Waals surface area contributed by atoms with Gasteiger partial charge in [0, 0.05) is 0 Å². The number of quaternary nitrogens is 1. The Bertz CT molecular complexity index is 150. The molecule has 0 saturated carbocycles. The van der Waals surface area contributed by atoms with Gasteiger partial charge in [-0.15, -0.1) is 0 Å². The molecule has 6 heteroatoms. The van der Waals surface area contributed by atoms with Crippen LogP contribution in [0.25, 0.3) is 0 Å². The highest BCUT2D eigenvalue weighted by atomic mass is 28.4. The van der Waals surface area contributed by atoms with Crippen LogP contribution in [0.5, 0.6) is 0 Å². The number of nitrogens with zero attached hydrogens (tertiary/aromatic N) is 1. The zero-order valence-corrected chi connectivity index (χ0v) is 13.4. The van der Waals surface area contributed by atoms with Crippen molar-refractivity contribution in [1.29, 1.82) is 0 Å². The SMILES string of the molecule is CCC[N+](CCC)(CCC)CCC.O[Si](O)(O)O. The second-order valence-corrected chi connectivity index (χ2v) is 6.04. The quantitative estimate of drug-likeness (QED) is 0.393. The molecule has 0 aromatic rings. The minimum absolute atomic E-state index is 1.33. The van der Waals surface area contributed by atoms with Crippen LogP contribution < -0.4 is 0 Å². The van der Waals surface area contributed by atoms with Crippen molar-refractivity contribution < 1.29 is 23.7 Å². The van der Waals surface area contributed by atoms with Gasteiger partial charge in [-0.25, -0.2) is 0 Å². The molecule has 18 heavy (non-hydrogen) atoms. The normalized spacial score (nSPS) is 12.0. The van der Waals surface area contributed by atoms with Gasteiger partial charge in [0.25, 0.3) is 0 Å². The Balaban J connectivity index is 0. The molecule has 0 unspecified atom stereocenters. The molecule has 4 N–H and O–H groups in total. The largest absolute Gasteiger partial charge is 0.668 e. The molecule has 0 saturated heterocycles. The van der Waals surface area contributed by atoms with Crippen LogP contribution in [-0.4, -0.2) is 58.9 Å². The molecule has 0 spiro atoms. The van der Waals surface area contributed by atoms with Crippen LogP contribution >= 0.6 is 0 Å². The maximum atomic E-state index is 7.33. The van der Waals surface area contributed by atoms with Crippen LogP contribution in [0.1, 0.15) is 53.4 Å². The zero-order valence-electron chi connectivity index (χ0n) is 12.4. The molecule has 0 fully saturated rings. The summed E-state index contributed by atoms with van der Waals surface area (Å²) in [5.41, 5.74) is 0. The summed E-state index contributed by atoms with van der Waals surface area (Å²) in [5, 5.41) is 0. The van der Waals surface area contributed by atoms with Crippen LogP contribution in [-0.2, 0) is 0 Å². The van der Waals surface area contributed by atoms with Gasteiger partial charge >= 0.3 is 9.05 Å². The molecule has 0 atom stereocenters. The number of rotatable bonds is 8. The Morgan fingerprint density at radius 2 is 0.778 bits per heavy atom. The van der Waals surface area contributed by atoms with E-state index >= 15 is 0 Å². The van der Waals surface area contributed by atoms with Crippen molar-refractivity contribution >= 4 is 9.05 Å². The molecule has 5 nitrogen and oxygen atoms in total. The fourth-order valence-corrected chi connectivity index (χ4v) is 2.57. The predicted octanol–water partition coefficient (Wildman–Crippen LogP) is 0.834. The molecule has 0 aromatic carbocycles. The first-order valence-corrected chi connectivity index (χ1v) is 8.78. The van der Waals surface area contributed by atoms with E-state index in [1.807, 2.05) is 0 Å². The van der Waals surface area contributed by atoms with Gasteiger partial charge in [0.15, 0.2) is 0 Å². The van der Waals surface area contributed by atoms with E-state index in [4.69, 9.17) is 19.2 Å². The highest BCUT2D eigenvalue weighted by Gasteiger charge is 2.23. The molecule has 0 bridgehead atoms. The summed E-state index contributed by atoms with van der Waals surface area (Å²) in [6.07, 6.45) is 5.33. The van der Waals surface area contributed by atoms with Crippen molar-refractivity contribution in [3.8, 4) is 0 Å². The summed E-state index contributed by atoms with van der Waals surface area (Å²) in [5.74, 6) is 0. The van der Waals surface area contributed by atoms with Crippen molar-refractivity contribution in [2.75, 3.05) is 26.2 Å². The summed E-state index contributed by atoms with van der Waals surface area (Å²) < 4.78 is 1.38. The van der Waals surface area contributed by atoms with Crippen LogP contribution in [0.4, 0.5) is 0 Å². The lowest BCUT2D eigenvalue weighted by molar-refractivity contribution is -0.928. The van der Waals surface area contributed by atoms with Crippen molar-refractivity contribution in [2.45, 2.75) is 53.4 Å². The van der Waals surface area contributed by atoms with E-state index in [-0.39, 0.29) is 0 Å². The summed E-state index contributed by atoms with van der Waals surface area (Å²) >= 11 is 0. The van der Waals surface area contributed by atoms with Crippen molar-refractivity contribution in [2.24, 2.45) is 0 Å². The molecule has 112 valence electrons. The molecule has 0 rings (SSSR count). The average Bonchev–Trinajstić information content (AvgIpc) is 2.16. The molecule has 0 heterocycles. The van der Waals surface area contributed by atoms with Gasteiger partial charge in [-0.2, -0.15) is 0 Å². The Kier molecular flexibility index (Phi) is 12.3. The maximum Gasteiger partial charge on any atom is 0.668 e. The Hall–Kier alpha value is 0.0169. The van der Waals surface area contributed by atoms with Crippen LogP contribution in [0, 0.1) is 0 Å². The molecule has 0 amide bonds. The molecule has 0 aliphatic carbocycles. The van der Waals surface area contributed by atoms with E-state index in [0.717, 1.165) is 0 Å². The standard InChI is InChI=1S/C12H28N.H4O4Si/c1-5-9-13(10-6-2,11-7-3)12-8-4;1-5(2,3)4/h5-12H2,1-4H3;1-4H/q+1;. The first-order valence-electron chi connectivity index (χ1n) is 6.99. The molecule has 0 aromatic heterocycles. The average molecular weight is 282 g/mol. The third-order valence-electron chi connectivity index (χ3n) is 2.79. The highest BCUT2D eigenvalue weighted by Crippen LogP contribution is 2.12. The number of hydrogen-bond donors (Lipinski definition) is 4. The lowest BCUT2D eigenvalue weighted by atomic mass is 10.2. The molecule has 0 aliphatic rings. The second-order valence-electron chi connectivity index (χ2n) is 4.84. The van der Waals surface area contributed by atoms with E-state index in [1.165, 1.54) is 56.3 Å². The summed E-state index contributed by atoms with van der Waals surface area (Å²) in [4.78, 5) is 29.3. The summed E-state index contributed by atoms with van der Waals surface area (Å²) in [6.45, 7) is 14.8. The maximum absolute atomic E-state index is 7.33. The van der Waals surface area contributed by atoms with Crippen LogP contribution in [0.2, 0.25) is 0 Å². The van der Waals surface area contributed by atoms with E-state index in [0.29, 0.717) is 0 Å². The predicted molar refractivity (Wildman–Crippen MR) is 75.5 cm³/mol. The smallest absolute Gasteiger partial charge is 0.368 e. The van der Waals surface area contributed by atoms with Gasteiger partial charge in [-0.3, -0.25) is 0 Å². The van der Waals surface area contributed by atoms with E-state index in [2.05, 4.69) is 27.7 Å². The van der Waals surface area contributed by atoms with Gasteiger partial charge in [-0.05, 0) is 25.7 Å². The van der Waals surface area contributed by atoms with E-state index in [9.17, 15) is 0 Å². The number of hydrogen-bond acceptors (Lipinski definition) is 4. The Labute approximate surface area is 113 Å². The van der Waals surface area contributed by atoms with E-state index in [1.54, 1.807) is 0 Å². The lowest BCUT2D eigenvalue weighted by Crippen LogP contribution is -2.50. The topological polar surface area (TPSA) is 80.9 Å². The molecule has 0 aliphatic heterocycles. The minimum Gasteiger partial charge on any atom is -0.368 e. The van der Waals surface area contributed by atoms with Gasteiger partial charge in [0.05, 0.1) is 26.2 Å². The lowest BCUT2D eigenvalue weighted by Gasteiger charge is -2.38. The highest BCUT2D eigenvalue weighted by molar-refractivity contribution is 6.46. The van der Waals surface area contributed by atoms with Crippen LogP contribution in [0.3, 0.4) is 0 Å². The van der Waals surface area contributed by atoms with Gasteiger partial charge in [-0.1, -0.05) is 27.7 Å². The Morgan fingerprint density at radius 3 is 0.889 bits per heavy atom. The summed E-state index contributed by atoms with van der Waals surface area (Å²) in [6, 6.07) is 0. The van der Waals surface area contributed by atoms with Crippen molar-refractivity contribution in [1.82, 2.24) is 0 Å². The second kappa shape index (κ2) is 10.9. The zero-order chi connectivity index (χ0) is 14.7. The molecular formula is C12H32NO4Si+. The van der Waals surface area contributed by atoms with Crippen LogP contribution in [0.15, 0.2) is 0 Å². The van der Waals surface area contributed by atoms with E-state index < -0.39 is 9.05 Å². The Morgan fingerprint density at radius 1 is 0.611 bits per heavy atom. The van der Waals surface area contributed by atoms with Crippen molar-refractivity contribution in [3.05, 3.63) is 0 Å². The first kappa shape index (κ1) is 20.3. The van der Waals surface area contributed by atoms with Gasteiger partial charge < -0.3 is 23.7 Å². The molecular weight excluding hydrogens is 250 g/mol.